The molecule has 10 nitrogen and oxygen atoms in total. The normalized spacial score (nSPS) is 13.8. The predicted octanol–water partition coefficient (Wildman–Crippen LogP) is 4.00. The molecule has 1 aliphatic rings. The Morgan fingerprint density at radius 2 is 2.00 bits per heavy atom. The first kappa shape index (κ1) is 26.1. The molecule has 3 N–H and O–H groups in total. The molecular weight excluding hydrogens is 502 g/mol. The van der Waals surface area contributed by atoms with Gasteiger partial charge in [0.15, 0.2) is 11.6 Å². The summed E-state index contributed by atoms with van der Waals surface area (Å²) in [5, 5.41) is 19.9. The van der Waals surface area contributed by atoms with E-state index in [1.54, 1.807) is 23.6 Å². The van der Waals surface area contributed by atoms with Gasteiger partial charge in [-0.25, -0.2) is 4.98 Å². The lowest BCUT2D eigenvalue weighted by molar-refractivity contribution is -0.0493. The fraction of sp³-hybridized carbons (Fsp3) is 0.333. The molecule has 1 saturated heterocycles. The average Bonchev–Trinajstić information content (AvgIpc) is 3.34. The monoisotopic (exact) mass is 528 g/mol. The smallest absolute Gasteiger partial charge is 0.387 e. The molecule has 13 heteroatoms. The molecule has 2 aromatic heterocycles. The van der Waals surface area contributed by atoms with Crippen molar-refractivity contribution >= 4 is 46.1 Å². The van der Waals surface area contributed by atoms with Gasteiger partial charge in [-0.2, -0.15) is 19.0 Å². The number of anilines is 5. The van der Waals surface area contributed by atoms with E-state index in [1.807, 2.05) is 26.1 Å². The summed E-state index contributed by atoms with van der Waals surface area (Å²) in [4.78, 5) is 25.6. The maximum atomic E-state index is 13.2. The maximum Gasteiger partial charge on any atom is 0.387 e. The molecule has 194 valence electrons. The molecule has 0 radical (unpaired) electrons. The van der Waals surface area contributed by atoms with Crippen LogP contribution in [0.3, 0.4) is 0 Å². The van der Waals surface area contributed by atoms with Gasteiger partial charge < -0.3 is 30.5 Å². The third-order valence-electron chi connectivity index (χ3n) is 5.67. The molecule has 4 rings (SSSR count). The van der Waals surface area contributed by atoms with Crippen LogP contribution in [0.4, 0.5) is 37.6 Å². The summed E-state index contributed by atoms with van der Waals surface area (Å²) >= 11 is 1.25. The van der Waals surface area contributed by atoms with Gasteiger partial charge >= 0.3 is 6.61 Å². The second-order valence-corrected chi connectivity index (χ2v) is 9.11. The van der Waals surface area contributed by atoms with Crippen LogP contribution in [0.15, 0.2) is 35.8 Å². The van der Waals surface area contributed by atoms with E-state index in [0.717, 1.165) is 31.9 Å². The summed E-state index contributed by atoms with van der Waals surface area (Å²) in [6, 6.07) is 8.73. The van der Waals surface area contributed by atoms with Crippen LogP contribution in [0.25, 0.3) is 0 Å². The number of hydrogen-bond acceptors (Lipinski definition) is 10. The number of hydrogen-bond donors (Lipinski definition) is 3. The molecule has 37 heavy (non-hydrogen) atoms. The van der Waals surface area contributed by atoms with E-state index in [0.29, 0.717) is 17.1 Å². The minimum atomic E-state index is -3.02. The number of halogens is 2. The van der Waals surface area contributed by atoms with Gasteiger partial charge in [-0.05, 0) is 37.6 Å². The fourth-order valence-corrected chi connectivity index (χ4v) is 4.53. The number of nitrogens with one attached hydrogen (secondary N) is 3. The third-order valence-corrected chi connectivity index (χ3v) is 6.58. The second kappa shape index (κ2) is 11.8. The summed E-state index contributed by atoms with van der Waals surface area (Å²) < 4.78 is 31.2. The van der Waals surface area contributed by atoms with Crippen molar-refractivity contribution in [2.45, 2.75) is 13.5 Å². The molecule has 1 aromatic carbocycles. The summed E-state index contributed by atoms with van der Waals surface area (Å²) in [5.74, 6) is -0.0810. The lowest BCUT2D eigenvalue weighted by Crippen LogP contribution is -2.44. The van der Waals surface area contributed by atoms with Crippen molar-refractivity contribution in [3.05, 3.63) is 46.3 Å². The molecule has 1 fully saturated rings. The zero-order valence-electron chi connectivity index (χ0n) is 20.3. The van der Waals surface area contributed by atoms with Gasteiger partial charge in [0.1, 0.15) is 16.5 Å². The van der Waals surface area contributed by atoms with Crippen molar-refractivity contribution < 1.29 is 18.3 Å². The molecule has 1 amide bonds. The Morgan fingerprint density at radius 3 is 2.70 bits per heavy atom. The van der Waals surface area contributed by atoms with Gasteiger partial charge in [-0.1, -0.05) is 0 Å². The number of amides is 1. The van der Waals surface area contributed by atoms with E-state index in [4.69, 9.17) is 4.74 Å². The van der Waals surface area contributed by atoms with Gasteiger partial charge in [-0.15, -0.1) is 11.3 Å². The highest BCUT2D eigenvalue weighted by Crippen LogP contribution is 2.34. The lowest BCUT2D eigenvalue weighted by atomic mass is 10.2. The number of aromatic nitrogens is 2. The van der Waals surface area contributed by atoms with Crippen LogP contribution in [0.5, 0.6) is 5.75 Å². The highest BCUT2D eigenvalue weighted by Gasteiger charge is 2.19. The predicted molar refractivity (Wildman–Crippen MR) is 138 cm³/mol. The maximum absolute atomic E-state index is 13.2. The topological polar surface area (TPSA) is 118 Å². The number of benzene rings is 1. The Kier molecular flexibility index (Phi) is 8.32. The average molecular weight is 529 g/mol. The first-order chi connectivity index (χ1) is 17.9. The van der Waals surface area contributed by atoms with Crippen LogP contribution in [-0.2, 0) is 0 Å². The molecule has 0 spiro atoms. The molecule has 3 heterocycles. The summed E-state index contributed by atoms with van der Waals surface area (Å²) in [6.07, 6.45) is 1.31. The van der Waals surface area contributed by atoms with Crippen molar-refractivity contribution in [3.8, 4) is 11.8 Å². The highest BCUT2D eigenvalue weighted by atomic mass is 32.1. The molecular formula is C24H26F2N8O2S. The highest BCUT2D eigenvalue weighted by molar-refractivity contribution is 7.12. The zero-order chi connectivity index (χ0) is 26.4. The lowest BCUT2D eigenvalue weighted by Gasteiger charge is -2.34. The third kappa shape index (κ3) is 6.41. The van der Waals surface area contributed by atoms with Crippen molar-refractivity contribution in [1.82, 2.24) is 20.2 Å². The minimum Gasteiger partial charge on any atom is -0.433 e. The Balaban J connectivity index is 1.59. The van der Waals surface area contributed by atoms with Crippen LogP contribution in [0.1, 0.15) is 22.2 Å². The number of rotatable bonds is 9. The van der Waals surface area contributed by atoms with Crippen molar-refractivity contribution in [3.63, 3.8) is 0 Å². The fourth-order valence-electron chi connectivity index (χ4n) is 3.76. The van der Waals surface area contributed by atoms with E-state index >= 15 is 0 Å². The second-order valence-electron chi connectivity index (χ2n) is 8.19. The van der Waals surface area contributed by atoms with Crippen molar-refractivity contribution in [2.75, 3.05) is 55.3 Å². The number of piperazine rings is 1. The molecule has 0 bridgehead atoms. The van der Waals surface area contributed by atoms with Gasteiger partial charge in [0.2, 0.25) is 5.95 Å². The number of nitrogens with zero attached hydrogens (tertiary/aromatic N) is 5. The van der Waals surface area contributed by atoms with Gasteiger partial charge in [0.25, 0.3) is 5.91 Å². The number of carbonyl (C=O) groups is 1. The number of thiophene rings is 1. The van der Waals surface area contributed by atoms with Gasteiger partial charge in [0.05, 0.1) is 17.6 Å². The molecule has 0 saturated carbocycles. The summed E-state index contributed by atoms with van der Waals surface area (Å²) in [5.41, 5.74) is 1.64. The Morgan fingerprint density at radius 1 is 1.22 bits per heavy atom. The number of ether oxygens (including phenoxy) is 1. The molecule has 0 aliphatic carbocycles. The molecule has 0 unspecified atom stereocenters. The van der Waals surface area contributed by atoms with Gasteiger partial charge in [0, 0.05) is 44.5 Å². The van der Waals surface area contributed by atoms with E-state index in [2.05, 4.69) is 35.7 Å². The van der Waals surface area contributed by atoms with Crippen LogP contribution in [0.2, 0.25) is 0 Å². The first-order valence-electron chi connectivity index (χ1n) is 11.6. The molecule has 3 aromatic rings. The molecule has 1 aliphatic heterocycles. The quantitative estimate of drug-likeness (QED) is 0.379. The van der Waals surface area contributed by atoms with Crippen molar-refractivity contribution in [1.29, 1.82) is 5.26 Å². The first-order valence-corrected chi connectivity index (χ1v) is 12.4. The molecule has 0 atom stereocenters. The van der Waals surface area contributed by atoms with E-state index in [1.165, 1.54) is 17.5 Å². The van der Waals surface area contributed by atoms with Crippen LogP contribution < -0.4 is 25.6 Å². The minimum absolute atomic E-state index is 0.0507. The number of nitriles is 1. The number of alkyl halides is 2. The van der Waals surface area contributed by atoms with E-state index in [-0.39, 0.29) is 34.7 Å². The van der Waals surface area contributed by atoms with Crippen LogP contribution >= 0.6 is 11.3 Å². The van der Waals surface area contributed by atoms with Gasteiger partial charge in [-0.3, -0.25) is 4.79 Å². The van der Waals surface area contributed by atoms with E-state index < -0.39 is 6.61 Å². The van der Waals surface area contributed by atoms with Crippen LogP contribution in [0, 0.1) is 11.3 Å². The zero-order valence-corrected chi connectivity index (χ0v) is 21.1. The standard InChI is InChI=1S/C24H26F2N8O2S/c1-3-28-22(35)20-18(6-11-37-20)30-21-15(13-27)14-29-24(32-21)31-17-5-4-16(12-19(17)36-23(25)26)34-9-7-33(2)8-10-34/h4-6,11-12,14,23H,3,7-10H2,1-2H3,(H,28,35)(H2,29,30,31,32). The summed E-state index contributed by atoms with van der Waals surface area (Å²) in [6.45, 7) is 2.54. The van der Waals surface area contributed by atoms with Crippen LogP contribution in [-0.4, -0.2) is 67.2 Å². The summed E-state index contributed by atoms with van der Waals surface area (Å²) in [7, 11) is 2.04. The van der Waals surface area contributed by atoms with Crippen molar-refractivity contribution in [2.24, 2.45) is 0 Å². The Hall–Kier alpha value is -4.02. The largest absolute Gasteiger partial charge is 0.433 e. The Labute approximate surface area is 216 Å². The number of likely N-dealkylation sites (N-methyl/N-ethyl adjacent to an activating group) is 1. The number of carbonyl (C=O) groups excluding carboxylic acids is 1. The van der Waals surface area contributed by atoms with E-state index in [9.17, 15) is 18.8 Å². The SMILES string of the molecule is CCNC(=O)c1sccc1Nc1nc(Nc2ccc(N3CCN(C)CC3)cc2OC(F)F)ncc1C#N. The Bertz CT molecular complexity index is 1290.